The summed E-state index contributed by atoms with van der Waals surface area (Å²) in [6, 6.07) is 14.5. The zero-order valence-electron chi connectivity index (χ0n) is 16.6. The molecule has 0 aliphatic carbocycles. The van der Waals surface area contributed by atoms with Crippen LogP contribution in [0.4, 0.5) is 0 Å². The monoisotopic (exact) mass is 384 g/mol. The van der Waals surface area contributed by atoms with Gasteiger partial charge in [0, 0.05) is 11.6 Å². The largest absolute Gasteiger partial charge is 0.491 e. The molecule has 1 atom stereocenters. The summed E-state index contributed by atoms with van der Waals surface area (Å²) in [6.45, 7) is 5.84. The topological polar surface area (TPSA) is 90.7 Å². The molecular weight excluding hydrogens is 356 g/mol. The summed E-state index contributed by atoms with van der Waals surface area (Å²) in [6.07, 6.45) is 1.82. The number of rotatable bonds is 10. The molecular formula is C22H28N2O4. The lowest BCUT2D eigenvalue weighted by atomic mass is 10.1. The Morgan fingerprint density at radius 1 is 1.04 bits per heavy atom. The second-order valence-electron chi connectivity index (χ2n) is 7.00. The number of ether oxygens (including phenoxy) is 2. The quantitative estimate of drug-likeness (QED) is 0.659. The van der Waals surface area contributed by atoms with Gasteiger partial charge in [-0.1, -0.05) is 18.2 Å². The Labute approximate surface area is 166 Å². The molecule has 0 aliphatic heterocycles. The van der Waals surface area contributed by atoms with E-state index in [0.29, 0.717) is 11.3 Å². The zero-order valence-corrected chi connectivity index (χ0v) is 16.6. The van der Waals surface area contributed by atoms with Gasteiger partial charge in [-0.15, -0.1) is 0 Å². The molecule has 0 saturated heterocycles. The molecule has 1 unspecified atom stereocenters. The van der Waals surface area contributed by atoms with E-state index < -0.39 is 5.91 Å². The second kappa shape index (κ2) is 10.3. The average Bonchev–Trinajstić information content (AvgIpc) is 2.65. The molecule has 6 nitrogen and oxygen atoms in total. The number of nitrogens with two attached hydrogens (primary N) is 1. The van der Waals surface area contributed by atoms with Gasteiger partial charge in [-0.05, 0) is 69.5 Å². The number of amides is 2. The Morgan fingerprint density at radius 3 is 2.39 bits per heavy atom. The van der Waals surface area contributed by atoms with Gasteiger partial charge in [-0.2, -0.15) is 0 Å². The number of hydrogen-bond donors (Lipinski definition) is 2. The summed E-state index contributed by atoms with van der Waals surface area (Å²) in [5.41, 5.74) is 6.77. The molecule has 2 aromatic rings. The van der Waals surface area contributed by atoms with Gasteiger partial charge in [-0.25, -0.2) is 0 Å². The van der Waals surface area contributed by atoms with Crippen LogP contribution in [-0.2, 0) is 11.2 Å². The molecule has 2 rings (SSSR count). The van der Waals surface area contributed by atoms with Crippen molar-refractivity contribution < 1.29 is 19.1 Å². The fraction of sp³-hybridized carbons (Fsp3) is 0.364. The zero-order chi connectivity index (χ0) is 20.5. The van der Waals surface area contributed by atoms with Gasteiger partial charge in [0.05, 0.1) is 6.10 Å². The first kappa shape index (κ1) is 21.3. The Hall–Kier alpha value is -3.02. The minimum Gasteiger partial charge on any atom is -0.491 e. The minimum atomic E-state index is -0.535. The van der Waals surface area contributed by atoms with Crippen molar-refractivity contribution in [3.05, 3.63) is 59.7 Å². The SMILES string of the molecule is CC(CCc1ccc(OC(C)C)cc1)NC(=O)COc1cccc(C(N)=O)c1. The number of benzene rings is 2. The maximum Gasteiger partial charge on any atom is 0.258 e. The van der Waals surface area contributed by atoms with Crippen LogP contribution in [0, 0.1) is 0 Å². The highest BCUT2D eigenvalue weighted by Crippen LogP contribution is 2.15. The highest BCUT2D eigenvalue weighted by Gasteiger charge is 2.09. The first-order chi connectivity index (χ1) is 13.3. The normalized spacial score (nSPS) is 11.7. The maximum absolute atomic E-state index is 12.1. The summed E-state index contributed by atoms with van der Waals surface area (Å²) in [5, 5.41) is 2.91. The third-order valence-corrected chi connectivity index (χ3v) is 4.06. The molecule has 0 heterocycles. The van der Waals surface area contributed by atoms with Crippen molar-refractivity contribution >= 4 is 11.8 Å². The van der Waals surface area contributed by atoms with E-state index in [9.17, 15) is 9.59 Å². The van der Waals surface area contributed by atoms with E-state index in [1.54, 1.807) is 18.2 Å². The number of carbonyl (C=O) groups is 2. The van der Waals surface area contributed by atoms with Crippen LogP contribution in [-0.4, -0.2) is 30.6 Å². The van der Waals surface area contributed by atoms with E-state index >= 15 is 0 Å². The molecule has 2 amide bonds. The number of nitrogens with one attached hydrogen (secondary N) is 1. The molecule has 28 heavy (non-hydrogen) atoms. The van der Waals surface area contributed by atoms with Crippen molar-refractivity contribution in [2.75, 3.05) is 6.61 Å². The highest BCUT2D eigenvalue weighted by atomic mass is 16.5. The van der Waals surface area contributed by atoms with E-state index in [-0.39, 0.29) is 24.7 Å². The van der Waals surface area contributed by atoms with Gasteiger partial charge in [-0.3, -0.25) is 9.59 Å². The van der Waals surface area contributed by atoms with Crippen LogP contribution in [0.1, 0.15) is 43.1 Å². The van der Waals surface area contributed by atoms with Crippen LogP contribution in [0.15, 0.2) is 48.5 Å². The standard InChI is InChI=1S/C22H28N2O4/c1-15(2)28-19-11-9-17(10-12-19)8-7-16(3)24-21(25)14-27-20-6-4-5-18(13-20)22(23)26/h4-6,9-13,15-16H,7-8,14H2,1-3H3,(H2,23,26)(H,24,25). The Kier molecular flexibility index (Phi) is 7.87. The van der Waals surface area contributed by atoms with Crippen molar-refractivity contribution in [2.24, 2.45) is 5.73 Å². The van der Waals surface area contributed by atoms with E-state index in [4.69, 9.17) is 15.2 Å². The van der Waals surface area contributed by atoms with Crippen molar-refractivity contribution in [1.29, 1.82) is 0 Å². The first-order valence-electron chi connectivity index (χ1n) is 9.41. The van der Waals surface area contributed by atoms with Gasteiger partial charge in [0.1, 0.15) is 11.5 Å². The molecule has 150 valence electrons. The lowest BCUT2D eigenvalue weighted by Crippen LogP contribution is -2.36. The van der Waals surface area contributed by atoms with Crippen LogP contribution >= 0.6 is 0 Å². The van der Waals surface area contributed by atoms with Crippen LogP contribution in [0.25, 0.3) is 0 Å². The summed E-state index contributed by atoms with van der Waals surface area (Å²) < 4.78 is 11.1. The van der Waals surface area contributed by atoms with Crippen LogP contribution in [0.2, 0.25) is 0 Å². The van der Waals surface area contributed by atoms with Gasteiger partial charge >= 0.3 is 0 Å². The smallest absolute Gasteiger partial charge is 0.258 e. The number of aryl methyl sites for hydroxylation is 1. The van der Waals surface area contributed by atoms with E-state index in [1.807, 2.05) is 45.0 Å². The number of hydrogen-bond acceptors (Lipinski definition) is 4. The molecule has 6 heteroatoms. The molecule has 0 saturated carbocycles. The van der Waals surface area contributed by atoms with Crippen LogP contribution in [0.3, 0.4) is 0 Å². The van der Waals surface area contributed by atoms with Crippen molar-refractivity contribution in [1.82, 2.24) is 5.32 Å². The number of primary amides is 1. The summed E-state index contributed by atoms with van der Waals surface area (Å²) in [5.74, 6) is 0.547. The van der Waals surface area contributed by atoms with Gasteiger partial charge < -0.3 is 20.5 Å². The Morgan fingerprint density at radius 2 is 1.75 bits per heavy atom. The van der Waals surface area contributed by atoms with E-state index in [2.05, 4.69) is 5.32 Å². The molecule has 0 radical (unpaired) electrons. The Balaban J connectivity index is 1.73. The van der Waals surface area contributed by atoms with Crippen LogP contribution in [0.5, 0.6) is 11.5 Å². The Bertz CT molecular complexity index is 787. The van der Waals surface area contributed by atoms with Crippen molar-refractivity contribution in [3.8, 4) is 11.5 Å². The molecule has 0 aromatic heterocycles. The first-order valence-corrected chi connectivity index (χ1v) is 9.41. The van der Waals surface area contributed by atoms with Crippen molar-refractivity contribution in [3.63, 3.8) is 0 Å². The van der Waals surface area contributed by atoms with Crippen molar-refractivity contribution in [2.45, 2.75) is 45.8 Å². The minimum absolute atomic E-state index is 0.0136. The third-order valence-electron chi connectivity index (χ3n) is 4.06. The molecule has 0 fully saturated rings. The lowest BCUT2D eigenvalue weighted by molar-refractivity contribution is -0.123. The van der Waals surface area contributed by atoms with Gasteiger partial charge in [0.2, 0.25) is 5.91 Å². The molecule has 0 bridgehead atoms. The van der Waals surface area contributed by atoms with E-state index in [1.165, 1.54) is 11.6 Å². The molecule has 3 N–H and O–H groups in total. The maximum atomic E-state index is 12.1. The fourth-order valence-electron chi connectivity index (χ4n) is 2.67. The summed E-state index contributed by atoms with van der Waals surface area (Å²) in [4.78, 5) is 23.2. The lowest BCUT2D eigenvalue weighted by Gasteiger charge is -2.15. The van der Waals surface area contributed by atoms with E-state index in [0.717, 1.165) is 18.6 Å². The summed E-state index contributed by atoms with van der Waals surface area (Å²) >= 11 is 0. The predicted octanol–water partition coefficient (Wildman–Crippen LogP) is 3.09. The van der Waals surface area contributed by atoms with Gasteiger partial charge in [0.15, 0.2) is 6.61 Å². The predicted molar refractivity (Wildman–Crippen MR) is 109 cm³/mol. The second-order valence-corrected chi connectivity index (χ2v) is 7.00. The summed E-state index contributed by atoms with van der Waals surface area (Å²) in [7, 11) is 0. The molecule has 0 aliphatic rings. The average molecular weight is 384 g/mol. The number of carbonyl (C=O) groups excluding carboxylic acids is 2. The van der Waals surface area contributed by atoms with Gasteiger partial charge in [0.25, 0.3) is 5.91 Å². The molecule has 0 spiro atoms. The molecule has 2 aromatic carbocycles. The highest BCUT2D eigenvalue weighted by molar-refractivity contribution is 5.93. The van der Waals surface area contributed by atoms with Crippen LogP contribution < -0.4 is 20.5 Å². The third kappa shape index (κ3) is 7.31. The fourth-order valence-corrected chi connectivity index (χ4v) is 2.67.